The van der Waals surface area contributed by atoms with E-state index < -0.39 is 0 Å². The molecule has 42 heavy (non-hydrogen) atoms. The van der Waals surface area contributed by atoms with Crippen LogP contribution in [0, 0.1) is 0 Å². The number of pyridine rings is 2. The van der Waals surface area contributed by atoms with Crippen LogP contribution in [0.3, 0.4) is 0 Å². The second kappa shape index (κ2) is 11.2. The first kappa shape index (κ1) is 25.6. The van der Waals surface area contributed by atoms with Gasteiger partial charge < -0.3 is 0 Å². The number of carbonyl (C=O) groups is 1. The van der Waals surface area contributed by atoms with Crippen LogP contribution >= 0.6 is 0 Å². The highest BCUT2D eigenvalue weighted by Crippen LogP contribution is 2.33. The average Bonchev–Trinajstić information content (AvgIpc) is 3.52. The van der Waals surface area contributed by atoms with Crippen LogP contribution in [0.4, 0.5) is 11.4 Å². The number of nitrogens with zero attached hydrogens (tertiary/aromatic N) is 7. The lowest BCUT2D eigenvalue weighted by atomic mass is 9.95. The molecular weight excluding hydrogens is 524 g/mol. The molecule has 6 aromatic rings. The maximum atomic E-state index is 14.6. The van der Waals surface area contributed by atoms with E-state index in [2.05, 4.69) is 25.4 Å². The Morgan fingerprint density at radius 2 is 1.62 bits per heavy atom. The predicted octanol–water partition coefficient (Wildman–Crippen LogP) is 5.39. The van der Waals surface area contributed by atoms with Crippen LogP contribution < -0.4 is 10.4 Å². The SMILES string of the molecule is O=C(NN(c1ccccc1)c1cccnc1)c1c(CN2CCn3ncnc3C2)c(-c2ccccc2)nc2ccccc12. The molecule has 0 aliphatic carbocycles. The smallest absolute Gasteiger partial charge is 0.271 e. The van der Waals surface area contributed by atoms with E-state index in [-0.39, 0.29) is 5.91 Å². The minimum Gasteiger partial charge on any atom is -0.290 e. The van der Waals surface area contributed by atoms with E-state index in [1.54, 1.807) is 23.7 Å². The largest absolute Gasteiger partial charge is 0.290 e. The standard InChI is InChI=1S/C33H28N8O/c42-33(38-41(25-12-5-2-6-13-25)26-14-9-17-34-20-26)31-27-15-7-8-16-29(27)37-32(24-10-3-1-4-11-24)28(31)21-39-18-19-40-30(22-39)35-23-36-40/h1-17,20,23H,18-19,21-22H2,(H,38,42). The van der Waals surface area contributed by atoms with Crippen LogP contribution in [0.25, 0.3) is 22.2 Å². The second-order valence-electron chi connectivity index (χ2n) is 10.1. The number of benzene rings is 3. The Labute approximate surface area is 243 Å². The molecule has 9 heteroatoms. The van der Waals surface area contributed by atoms with Gasteiger partial charge in [0.25, 0.3) is 5.91 Å². The van der Waals surface area contributed by atoms with Crippen LogP contribution in [-0.4, -0.2) is 42.1 Å². The zero-order valence-electron chi connectivity index (χ0n) is 22.8. The van der Waals surface area contributed by atoms with E-state index in [0.29, 0.717) is 18.7 Å². The number of anilines is 2. The van der Waals surface area contributed by atoms with Crippen LogP contribution in [0.5, 0.6) is 0 Å². The van der Waals surface area contributed by atoms with Crippen molar-refractivity contribution in [2.24, 2.45) is 0 Å². The fourth-order valence-corrected chi connectivity index (χ4v) is 5.47. The van der Waals surface area contributed by atoms with Crippen molar-refractivity contribution in [1.82, 2.24) is 35.1 Å². The fourth-order valence-electron chi connectivity index (χ4n) is 5.47. The van der Waals surface area contributed by atoms with Crippen molar-refractivity contribution in [3.63, 3.8) is 0 Å². The minimum absolute atomic E-state index is 0.228. The van der Waals surface area contributed by atoms with E-state index in [1.165, 1.54) is 0 Å². The molecule has 1 aliphatic heterocycles. The molecule has 0 atom stereocenters. The van der Waals surface area contributed by atoms with E-state index in [1.807, 2.05) is 102 Å². The van der Waals surface area contributed by atoms with E-state index in [0.717, 1.165) is 58.0 Å². The molecular formula is C33H28N8O. The Morgan fingerprint density at radius 3 is 2.43 bits per heavy atom. The van der Waals surface area contributed by atoms with E-state index in [9.17, 15) is 4.79 Å². The molecule has 0 unspecified atom stereocenters. The van der Waals surface area contributed by atoms with Crippen LogP contribution in [0.2, 0.25) is 0 Å². The molecule has 0 spiro atoms. The number of hydrogen-bond acceptors (Lipinski definition) is 7. The molecule has 3 aromatic carbocycles. The van der Waals surface area contributed by atoms with Crippen molar-refractivity contribution >= 4 is 28.2 Å². The Kier molecular flexibility index (Phi) is 6.83. The molecule has 9 nitrogen and oxygen atoms in total. The van der Waals surface area contributed by atoms with Gasteiger partial charge in [-0.15, -0.1) is 0 Å². The number of rotatable bonds is 7. The molecule has 0 fully saturated rings. The maximum Gasteiger partial charge on any atom is 0.271 e. The van der Waals surface area contributed by atoms with Gasteiger partial charge in [-0.1, -0.05) is 66.7 Å². The van der Waals surface area contributed by atoms with Gasteiger partial charge in [0.1, 0.15) is 12.2 Å². The highest BCUT2D eigenvalue weighted by Gasteiger charge is 2.27. The lowest BCUT2D eigenvalue weighted by molar-refractivity contribution is 0.0952. The quantitative estimate of drug-likeness (QED) is 0.266. The van der Waals surface area contributed by atoms with E-state index >= 15 is 0 Å². The molecule has 1 amide bonds. The summed E-state index contributed by atoms with van der Waals surface area (Å²) >= 11 is 0. The second-order valence-corrected chi connectivity index (χ2v) is 10.1. The van der Waals surface area contributed by atoms with Gasteiger partial charge in [-0.25, -0.2) is 14.6 Å². The lowest BCUT2D eigenvalue weighted by Crippen LogP contribution is -2.40. The summed E-state index contributed by atoms with van der Waals surface area (Å²) < 4.78 is 1.94. The first-order valence-corrected chi connectivity index (χ1v) is 13.9. The number of nitrogens with one attached hydrogen (secondary N) is 1. The van der Waals surface area contributed by atoms with Gasteiger partial charge in [0.05, 0.1) is 47.4 Å². The summed E-state index contributed by atoms with van der Waals surface area (Å²) in [6.45, 7) is 2.68. The molecule has 3 aromatic heterocycles. The van der Waals surface area contributed by atoms with Gasteiger partial charge in [-0.2, -0.15) is 5.10 Å². The van der Waals surface area contributed by atoms with Gasteiger partial charge >= 0.3 is 0 Å². The Morgan fingerprint density at radius 1 is 0.857 bits per heavy atom. The molecule has 0 saturated carbocycles. The zero-order chi connectivity index (χ0) is 28.3. The third kappa shape index (κ3) is 4.97. The fraction of sp³-hybridized carbons (Fsp3) is 0.121. The molecule has 1 N–H and O–H groups in total. The summed E-state index contributed by atoms with van der Waals surface area (Å²) in [7, 11) is 0. The molecule has 0 bridgehead atoms. The Bertz CT molecular complexity index is 1800. The number of amides is 1. The van der Waals surface area contributed by atoms with Crippen LogP contribution in [0.15, 0.2) is 116 Å². The third-order valence-electron chi connectivity index (χ3n) is 7.47. The highest BCUT2D eigenvalue weighted by atomic mass is 16.2. The molecule has 0 radical (unpaired) electrons. The zero-order valence-corrected chi connectivity index (χ0v) is 22.8. The van der Waals surface area contributed by atoms with Crippen molar-refractivity contribution < 1.29 is 4.79 Å². The molecule has 1 aliphatic rings. The maximum absolute atomic E-state index is 14.6. The summed E-state index contributed by atoms with van der Waals surface area (Å²) in [6.07, 6.45) is 5.05. The topological polar surface area (TPSA) is 92.1 Å². The first-order chi connectivity index (χ1) is 20.7. The van der Waals surface area contributed by atoms with Gasteiger partial charge in [0.2, 0.25) is 0 Å². The minimum atomic E-state index is -0.228. The number of aromatic nitrogens is 5. The monoisotopic (exact) mass is 552 g/mol. The summed E-state index contributed by atoms with van der Waals surface area (Å²) in [5, 5.41) is 6.91. The molecule has 4 heterocycles. The van der Waals surface area contributed by atoms with Gasteiger partial charge in [0.15, 0.2) is 0 Å². The molecule has 206 valence electrons. The van der Waals surface area contributed by atoms with Crippen LogP contribution in [0.1, 0.15) is 21.7 Å². The number of fused-ring (bicyclic) bond motifs is 2. The van der Waals surface area contributed by atoms with Crippen molar-refractivity contribution in [2.45, 2.75) is 19.6 Å². The van der Waals surface area contributed by atoms with Crippen LogP contribution in [-0.2, 0) is 19.6 Å². The summed E-state index contributed by atoms with van der Waals surface area (Å²) in [5.41, 5.74) is 8.74. The van der Waals surface area contributed by atoms with E-state index in [4.69, 9.17) is 4.98 Å². The normalized spacial score (nSPS) is 13.0. The third-order valence-corrected chi connectivity index (χ3v) is 7.47. The Hall–Kier alpha value is -5.41. The highest BCUT2D eigenvalue weighted by molar-refractivity contribution is 6.09. The lowest BCUT2D eigenvalue weighted by Gasteiger charge is -2.29. The van der Waals surface area contributed by atoms with Gasteiger partial charge in [-0.05, 0) is 30.3 Å². The number of carbonyl (C=O) groups excluding carboxylic acids is 1. The van der Waals surface area contributed by atoms with Crippen molar-refractivity contribution in [3.05, 3.63) is 133 Å². The van der Waals surface area contributed by atoms with Gasteiger partial charge in [0, 0.05) is 35.8 Å². The van der Waals surface area contributed by atoms with Crippen molar-refractivity contribution in [3.8, 4) is 11.3 Å². The summed E-state index contributed by atoms with van der Waals surface area (Å²) in [5.74, 6) is 0.683. The van der Waals surface area contributed by atoms with Gasteiger partial charge in [-0.3, -0.25) is 25.1 Å². The number of hydrogen-bond donors (Lipinski definition) is 1. The average molecular weight is 553 g/mol. The summed E-state index contributed by atoms with van der Waals surface area (Å²) in [4.78, 5) is 30.7. The van der Waals surface area contributed by atoms with Crippen molar-refractivity contribution in [2.75, 3.05) is 11.6 Å². The molecule has 0 saturated heterocycles. The molecule has 7 rings (SSSR count). The summed E-state index contributed by atoms with van der Waals surface area (Å²) in [6, 6.07) is 31.4. The predicted molar refractivity (Wildman–Crippen MR) is 162 cm³/mol. The first-order valence-electron chi connectivity index (χ1n) is 13.9. The number of hydrazine groups is 1. The Balaban J connectivity index is 1.37. The number of para-hydroxylation sites is 2. The van der Waals surface area contributed by atoms with Crippen molar-refractivity contribution in [1.29, 1.82) is 0 Å².